The maximum Gasteiger partial charge on any atom is 0.255 e. The van der Waals surface area contributed by atoms with Gasteiger partial charge >= 0.3 is 0 Å². The second kappa shape index (κ2) is 9.91. The van der Waals surface area contributed by atoms with Gasteiger partial charge in [-0.25, -0.2) is 17.8 Å². The van der Waals surface area contributed by atoms with Gasteiger partial charge in [-0.15, -0.1) is 0 Å². The summed E-state index contributed by atoms with van der Waals surface area (Å²) in [5.74, 6) is -0.527. The fourth-order valence-corrected chi connectivity index (χ4v) is 6.37. The van der Waals surface area contributed by atoms with Crippen LogP contribution in [0.3, 0.4) is 0 Å². The molecule has 2 aromatic carbocycles. The Morgan fingerprint density at radius 1 is 1.11 bits per heavy atom. The van der Waals surface area contributed by atoms with Gasteiger partial charge in [0.25, 0.3) is 5.91 Å². The minimum Gasteiger partial charge on any atom is -0.455 e. The minimum atomic E-state index is -3.73. The van der Waals surface area contributed by atoms with Crippen molar-refractivity contribution < 1.29 is 22.0 Å². The first-order chi connectivity index (χ1) is 21.0. The summed E-state index contributed by atoms with van der Waals surface area (Å²) >= 11 is 0. The number of aryl methyl sites for hydroxylation is 2. The van der Waals surface area contributed by atoms with E-state index in [1.165, 1.54) is 32.4 Å². The quantitative estimate of drug-likeness (QED) is 0.285. The van der Waals surface area contributed by atoms with E-state index in [9.17, 15) is 22.4 Å². The first kappa shape index (κ1) is 27.6. The van der Waals surface area contributed by atoms with Gasteiger partial charge in [-0.1, -0.05) is 12.1 Å². The average Bonchev–Trinajstić information content (AvgIpc) is 3.59. The molecule has 44 heavy (non-hydrogen) atoms. The van der Waals surface area contributed by atoms with Crippen molar-refractivity contribution in [2.75, 3.05) is 24.7 Å². The van der Waals surface area contributed by atoms with Gasteiger partial charge in [0.1, 0.15) is 17.2 Å². The Balaban J connectivity index is 1.50. The number of carbonyl (C=O) groups is 1. The Morgan fingerprint density at radius 3 is 2.66 bits per heavy atom. The van der Waals surface area contributed by atoms with Crippen LogP contribution in [0.25, 0.3) is 55.8 Å². The van der Waals surface area contributed by atoms with Crippen LogP contribution in [0.4, 0.5) is 10.1 Å². The van der Waals surface area contributed by atoms with Gasteiger partial charge in [0, 0.05) is 60.9 Å². The molecule has 5 heterocycles. The molecule has 0 radical (unpaired) electrons. The van der Waals surface area contributed by atoms with Gasteiger partial charge in [-0.2, -0.15) is 0 Å². The highest BCUT2D eigenvalue weighted by Crippen LogP contribution is 2.42. The number of benzene rings is 2. The van der Waals surface area contributed by atoms with E-state index in [2.05, 4.69) is 10.3 Å². The first-order valence-corrected chi connectivity index (χ1v) is 15.6. The zero-order chi connectivity index (χ0) is 30.9. The number of nitrogens with one attached hydrogen (secondary N) is 2. The van der Waals surface area contributed by atoms with E-state index < -0.39 is 15.9 Å². The van der Waals surface area contributed by atoms with Crippen molar-refractivity contribution in [1.29, 1.82) is 0 Å². The summed E-state index contributed by atoms with van der Waals surface area (Å²) < 4.78 is 49.6. The number of hydrogen-bond acceptors (Lipinski definition) is 6. The van der Waals surface area contributed by atoms with Crippen molar-refractivity contribution in [2.45, 2.75) is 13.0 Å². The van der Waals surface area contributed by atoms with E-state index in [0.717, 1.165) is 27.3 Å². The molecule has 0 saturated heterocycles. The van der Waals surface area contributed by atoms with Gasteiger partial charge in [0.15, 0.2) is 0 Å². The number of sulfonamides is 1. The summed E-state index contributed by atoms with van der Waals surface area (Å²) in [4.78, 5) is 32.5. The Hall–Kier alpha value is -5.23. The molecule has 1 amide bonds. The van der Waals surface area contributed by atoms with Crippen LogP contribution in [-0.2, 0) is 23.0 Å². The Bertz CT molecular complexity index is 2320. The van der Waals surface area contributed by atoms with Crippen molar-refractivity contribution in [1.82, 2.24) is 19.9 Å². The number of anilines is 1. The Morgan fingerprint density at radius 2 is 1.93 bits per heavy atom. The number of carbonyl (C=O) groups excluding carboxylic acids is 1. The molecular weight excluding hydrogens is 585 g/mol. The molecule has 0 bridgehead atoms. The molecule has 10 nitrogen and oxygen atoms in total. The molecular formula is C32H26FN5O5S. The van der Waals surface area contributed by atoms with Crippen LogP contribution < -0.4 is 15.2 Å². The van der Waals surface area contributed by atoms with E-state index in [1.54, 1.807) is 30.3 Å². The number of amides is 1. The zero-order valence-corrected chi connectivity index (χ0v) is 24.8. The summed E-state index contributed by atoms with van der Waals surface area (Å²) in [5.41, 5.74) is 5.05. The summed E-state index contributed by atoms with van der Waals surface area (Å²) in [6, 6.07) is 16.7. The lowest BCUT2D eigenvalue weighted by Gasteiger charge is -2.23. The van der Waals surface area contributed by atoms with Gasteiger partial charge in [0.2, 0.25) is 15.6 Å². The van der Waals surface area contributed by atoms with E-state index in [1.807, 2.05) is 22.8 Å². The highest BCUT2D eigenvalue weighted by atomic mass is 32.2. The molecule has 7 rings (SSSR count). The van der Waals surface area contributed by atoms with Crippen molar-refractivity contribution in [2.24, 2.45) is 0 Å². The SMILES string of the molecule is CNC(=O)c1c(-c2ccc(=O)[nH]c2)oc2cc(N(C)S(C)(=O)=O)c(-c3ccc4c(n3)-c3cc5c(F)cccc5n3CC4)cc12. The number of rotatable bonds is 5. The highest BCUT2D eigenvalue weighted by molar-refractivity contribution is 7.92. The van der Waals surface area contributed by atoms with Crippen LogP contribution in [-0.4, -0.2) is 49.2 Å². The number of hydrogen-bond donors (Lipinski definition) is 2. The predicted molar refractivity (Wildman–Crippen MR) is 167 cm³/mol. The Kier molecular flexibility index (Phi) is 6.22. The molecule has 0 unspecified atom stereocenters. The lowest BCUT2D eigenvalue weighted by molar-refractivity contribution is 0.0964. The number of aromatic amines is 1. The molecule has 12 heteroatoms. The van der Waals surface area contributed by atoms with Crippen LogP contribution >= 0.6 is 0 Å². The molecule has 1 aliphatic rings. The maximum absolute atomic E-state index is 14.7. The van der Waals surface area contributed by atoms with Crippen molar-refractivity contribution in [3.63, 3.8) is 0 Å². The lowest BCUT2D eigenvalue weighted by Crippen LogP contribution is -2.25. The smallest absolute Gasteiger partial charge is 0.255 e. The largest absolute Gasteiger partial charge is 0.455 e. The molecule has 0 fully saturated rings. The van der Waals surface area contributed by atoms with Crippen LogP contribution in [0.1, 0.15) is 15.9 Å². The number of furan rings is 1. The summed E-state index contributed by atoms with van der Waals surface area (Å²) in [7, 11) is -0.793. The highest BCUT2D eigenvalue weighted by Gasteiger charge is 2.28. The van der Waals surface area contributed by atoms with E-state index in [4.69, 9.17) is 9.40 Å². The summed E-state index contributed by atoms with van der Waals surface area (Å²) in [6.45, 7) is 0.669. The average molecular weight is 612 g/mol. The molecule has 2 N–H and O–H groups in total. The van der Waals surface area contributed by atoms with Crippen LogP contribution in [0.15, 0.2) is 76.1 Å². The van der Waals surface area contributed by atoms with Crippen LogP contribution in [0.5, 0.6) is 0 Å². The summed E-state index contributed by atoms with van der Waals surface area (Å²) in [5, 5.41) is 3.58. The number of halogens is 1. The number of fused-ring (bicyclic) bond motifs is 6. The first-order valence-electron chi connectivity index (χ1n) is 13.8. The van der Waals surface area contributed by atoms with Crippen molar-refractivity contribution >= 4 is 43.5 Å². The molecule has 0 spiro atoms. The zero-order valence-electron chi connectivity index (χ0n) is 23.9. The molecule has 0 saturated carbocycles. The fraction of sp³-hybridized carbons (Fsp3) is 0.156. The monoisotopic (exact) mass is 611 g/mol. The number of aromatic nitrogens is 3. The fourth-order valence-electron chi connectivity index (χ4n) is 5.86. The van der Waals surface area contributed by atoms with Gasteiger partial charge in [0.05, 0.1) is 40.1 Å². The molecule has 1 aliphatic heterocycles. The molecule has 4 aromatic heterocycles. The molecule has 222 valence electrons. The van der Waals surface area contributed by atoms with Crippen molar-refractivity contribution in [3.8, 4) is 34.0 Å². The molecule has 0 atom stereocenters. The van der Waals surface area contributed by atoms with Gasteiger partial charge < -0.3 is 19.3 Å². The Labute approximate surface area is 250 Å². The van der Waals surface area contributed by atoms with Gasteiger partial charge in [-0.05, 0) is 48.4 Å². The van der Waals surface area contributed by atoms with Gasteiger partial charge in [-0.3, -0.25) is 13.9 Å². The number of nitrogens with zero attached hydrogens (tertiary/aromatic N) is 3. The number of H-pyrrole nitrogens is 1. The van der Waals surface area contributed by atoms with E-state index in [0.29, 0.717) is 51.9 Å². The third kappa shape index (κ3) is 4.29. The lowest BCUT2D eigenvalue weighted by atomic mass is 9.99. The third-order valence-electron chi connectivity index (χ3n) is 8.14. The van der Waals surface area contributed by atoms with Crippen molar-refractivity contribution in [3.05, 3.63) is 94.2 Å². The van der Waals surface area contributed by atoms with E-state index >= 15 is 0 Å². The number of pyridine rings is 2. The molecule has 6 aromatic rings. The summed E-state index contributed by atoms with van der Waals surface area (Å²) in [6.07, 6.45) is 3.23. The second-order valence-electron chi connectivity index (χ2n) is 10.7. The normalized spacial score (nSPS) is 12.7. The van der Waals surface area contributed by atoms with E-state index in [-0.39, 0.29) is 28.3 Å². The maximum atomic E-state index is 14.7. The topological polar surface area (TPSA) is 130 Å². The molecule has 0 aliphatic carbocycles. The van der Waals surface area contributed by atoms with Crippen LogP contribution in [0, 0.1) is 5.82 Å². The standard InChI is InChI=1S/C32H26FN5O5S/c1-34-32(40)29-21-13-20(25(37(2)44(3,41)42)15-27(21)43-31(29)18-8-10-28(39)35-16-18)23-9-7-17-11-12-38-24-6-4-5-22(33)19(24)14-26(38)30(17)36-23/h4-10,13-16H,11-12H2,1-3H3,(H,34,40)(H,35,39). The third-order valence-corrected chi connectivity index (χ3v) is 9.33. The van der Waals surface area contributed by atoms with Crippen LogP contribution in [0.2, 0.25) is 0 Å². The second-order valence-corrected chi connectivity index (χ2v) is 12.7. The predicted octanol–water partition coefficient (Wildman–Crippen LogP) is 4.92. The minimum absolute atomic E-state index is 0.214.